The molecule has 2 nitrogen and oxygen atoms in total. The molecule has 2 aliphatic carbocycles. The molecule has 1 heterocycles. The van der Waals surface area contributed by atoms with Crippen LogP contribution in [-0.4, -0.2) is 30.1 Å². The van der Waals surface area contributed by atoms with E-state index in [0.29, 0.717) is 11.0 Å². The summed E-state index contributed by atoms with van der Waals surface area (Å²) in [4.78, 5) is 2.70. The summed E-state index contributed by atoms with van der Waals surface area (Å²) in [7, 11) is 0. The van der Waals surface area contributed by atoms with Crippen LogP contribution < -0.4 is 5.73 Å². The van der Waals surface area contributed by atoms with Crippen LogP contribution in [0.25, 0.3) is 0 Å². The average molecular weight is 222 g/mol. The van der Waals surface area contributed by atoms with Crippen LogP contribution in [0.3, 0.4) is 0 Å². The summed E-state index contributed by atoms with van der Waals surface area (Å²) < 4.78 is 0. The van der Waals surface area contributed by atoms with Crippen LogP contribution in [0.1, 0.15) is 51.9 Å². The minimum absolute atomic E-state index is 0.336. The van der Waals surface area contributed by atoms with Gasteiger partial charge in [0, 0.05) is 25.2 Å². The van der Waals surface area contributed by atoms with E-state index < -0.39 is 0 Å². The number of nitrogens with zero attached hydrogens (tertiary/aromatic N) is 1. The molecule has 0 aromatic carbocycles. The zero-order valence-electron chi connectivity index (χ0n) is 10.7. The summed E-state index contributed by atoms with van der Waals surface area (Å²) in [6.45, 7) is 5.95. The van der Waals surface area contributed by atoms with Crippen LogP contribution in [0.4, 0.5) is 0 Å². The van der Waals surface area contributed by atoms with E-state index in [1.54, 1.807) is 0 Å². The Morgan fingerprint density at radius 2 is 1.81 bits per heavy atom. The molecule has 2 saturated carbocycles. The molecule has 0 aromatic heterocycles. The van der Waals surface area contributed by atoms with Crippen molar-refractivity contribution < 1.29 is 0 Å². The summed E-state index contributed by atoms with van der Waals surface area (Å²) in [6.07, 6.45) is 10.2. The van der Waals surface area contributed by atoms with E-state index in [1.807, 2.05) is 0 Å². The van der Waals surface area contributed by atoms with E-state index in [4.69, 9.17) is 5.73 Å². The molecule has 1 saturated heterocycles. The van der Waals surface area contributed by atoms with Gasteiger partial charge < -0.3 is 5.73 Å². The van der Waals surface area contributed by atoms with Crippen molar-refractivity contribution in [2.45, 2.75) is 57.4 Å². The van der Waals surface area contributed by atoms with Crippen molar-refractivity contribution in [2.24, 2.45) is 17.1 Å². The second-order valence-corrected chi connectivity index (χ2v) is 6.75. The molecule has 0 aromatic rings. The predicted octanol–water partition coefficient (Wildman–Crippen LogP) is 2.38. The van der Waals surface area contributed by atoms with E-state index >= 15 is 0 Å². The molecule has 0 radical (unpaired) electrons. The minimum atomic E-state index is 0.336. The second-order valence-electron chi connectivity index (χ2n) is 6.75. The lowest BCUT2D eigenvalue weighted by molar-refractivity contribution is -0.0950. The molecule has 1 aliphatic heterocycles. The first-order valence-corrected chi connectivity index (χ1v) is 7.14. The first-order chi connectivity index (χ1) is 7.69. The van der Waals surface area contributed by atoms with Crippen molar-refractivity contribution in [1.82, 2.24) is 4.90 Å². The van der Waals surface area contributed by atoms with Crippen LogP contribution >= 0.6 is 0 Å². The molecule has 1 atom stereocenters. The Morgan fingerprint density at radius 1 is 1.19 bits per heavy atom. The molecule has 1 unspecified atom stereocenters. The number of hydrogen-bond donors (Lipinski definition) is 1. The van der Waals surface area contributed by atoms with Gasteiger partial charge in [0.2, 0.25) is 0 Å². The molecule has 16 heavy (non-hydrogen) atoms. The van der Waals surface area contributed by atoms with E-state index in [0.717, 1.165) is 12.5 Å². The van der Waals surface area contributed by atoms with E-state index in [-0.39, 0.29) is 0 Å². The van der Waals surface area contributed by atoms with E-state index in [2.05, 4.69) is 11.8 Å². The monoisotopic (exact) mass is 222 g/mol. The van der Waals surface area contributed by atoms with Gasteiger partial charge in [-0.15, -0.1) is 0 Å². The average Bonchev–Trinajstić information content (AvgIpc) is 3.10. The van der Waals surface area contributed by atoms with Crippen molar-refractivity contribution in [2.75, 3.05) is 19.6 Å². The lowest BCUT2D eigenvalue weighted by Gasteiger charge is -2.59. The second kappa shape index (κ2) is 3.71. The molecule has 3 fully saturated rings. The van der Waals surface area contributed by atoms with Crippen molar-refractivity contribution >= 4 is 0 Å². The fraction of sp³-hybridized carbons (Fsp3) is 1.00. The summed E-state index contributed by atoms with van der Waals surface area (Å²) in [5.41, 5.74) is 7.08. The Bertz CT molecular complexity index is 258. The molecule has 3 rings (SSSR count). The van der Waals surface area contributed by atoms with Crippen LogP contribution in [0, 0.1) is 11.3 Å². The van der Waals surface area contributed by atoms with Gasteiger partial charge in [0.1, 0.15) is 0 Å². The molecule has 92 valence electrons. The number of hydrogen-bond acceptors (Lipinski definition) is 2. The van der Waals surface area contributed by atoms with Crippen LogP contribution in [0.5, 0.6) is 0 Å². The maximum atomic E-state index is 6.03. The minimum Gasteiger partial charge on any atom is -0.329 e. The Labute approximate surface area is 99.6 Å². The molecule has 1 spiro atoms. The van der Waals surface area contributed by atoms with Gasteiger partial charge >= 0.3 is 0 Å². The highest BCUT2D eigenvalue weighted by atomic mass is 15.3. The van der Waals surface area contributed by atoms with Crippen molar-refractivity contribution in [3.8, 4) is 0 Å². The Kier molecular flexibility index (Phi) is 2.56. The third-order valence-corrected chi connectivity index (χ3v) is 5.56. The zero-order valence-corrected chi connectivity index (χ0v) is 10.7. The van der Waals surface area contributed by atoms with Gasteiger partial charge in [-0.2, -0.15) is 0 Å². The van der Waals surface area contributed by atoms with Crippen LogP contribution in [0.2, 0.25) is 0 Å². The summed E-state index contributed by atoms with van der Waals surface area (Å²) in [5.74, 6) is 0.901. The standard InChI is InChI=1S/C14H26N2/c1-13(9-15,12-5-6-12)16-10-14(11-16)7-3-2-4-8-14/h12H,2-11,15H2,1H3. The highest BCUT2D eigenvalue weighted by molar-refractivity contribution is 5.08. The molecular formula is C14H26N2. The summed E-state index contributed by atoms with van der Waals surface area (Å²) >= 11 is 0. The van der Waals surface area contributed by atoms with E-state index in [9.17, 15) is 0 Å². The van der Waals surface area contributed by atoms with Gasteiger partial charge in [0.15, 0.2) is 0 Å². The largest absolute Gasteiger partial charge is 0.329 e. The lowest BCUT2D eigenvalue weighted by Crippen LogP contribution is -2.67. The number of rotatable bonds is 3. The van der Waals surface area contributed by atoms with Gasteiger partial charge in [-0.25, -0.2) is 0 Å². The molecular weight excluding hydrogens is 196 g/mol. The Morgan fingerprint density at radius 3 is 2.31 bits per heavy atom. The maximum Gasteiger partial charge on any atom is 0.0332 e. The topological polar surface area (TPSA) is 29.3 Å². The first kappa shape index (κ1) is 11.0. The molecule has 2 heteroatoms. The summed E-state index contributed by atoms with van der Waals surface area (Å²) in [5, 5.41) is 0. The normalized spacial score (nSPS) is 33.4. The molecule has 3 aliphatic rings. The fourth-order valence-corrected chi connectivity index (χ4v) is 4.00. The van der Waals surface area contributed by atoms with Gasteiger partial charge in [-0.1, -0.05) is 19.3 Å². The zero-order chi connectivity index (χ0) is 11.2. The Hall–Kier alpha value is -0.0800. The highest BCUT2D eigenvalue weighted by Gasteiger charge is 2.53. The molecule has 0 amide bonds. The van der Waals surface area contributed by atoms with Crippen molar-refractivity contribution in [3.05, 3.63) is 0 Å². The Balaban J connectivity index is 1.62. The van der Waals surface area contributed by atoms with Gasteiger partial charge in [-0.05, 0) is 43.9 Å². The smallest absolute Gasteiger partial charge is 0.0332 e. The number of likely N-dealkylation sites (tertiary alicyclic amines) is 1. The van der Waals surface area contributed by atoms with Crippen LogP contribution in [-0.2, 0) is 0 Å². The van der Waals surface area contributed by atoms with Crippen molar-refractivity contribution in [1.29, 1.82) is 0 Å². The number of nitrogens with two attached hydrogens (primary N) is 1. The first-order valence-electron chi connectivity index (χ1n) is 7.14. The predicted molar refractivity (Wildman–Crippen MR) is 67.3 cm³/mol. The third-order valence-electron chi connectivity index (χ3n) is 5.56. The van der Waals surface area contributed by atoms with Gasteiger partial charge in [-0.3, -0.25) is 4.90 Å². The quantitative estimate of drug-likeness (QED) is 0.794. The van der Waals surface area contributed by atoms with E-state index in [1.165, 1.54) is 58.0 Å². The van der Waals surface area contributed by atoms with Gasteiger partial charge in [0.05, 0.1) is 0 Å². The maximum absolute atomic E-state index is 6.03. The van der Waals surface area contributed by atoms with Crippen LogP contribution in [0.15, 0.2) is 0 Å². The third kappa shape index (κ3) is 1.62. The molecule has 0 bridgehead atoms. The highest BCUT2D eigenvalue weighted by Crippen LogP contribution is 2.51. The SMILES string of the molecule is CC(CN)(C1CC1)N1CC2(CCCCC2)C1. The van der Waals surface area contributed by atoms with Crippen molar-refractivity contribution in [3.63, 3.8) is 0 Å². The summed E-state index contributed by atoms with van der Waals surface area (Å²) in [6, 6.07) is 0. The van der Waals surface area contributed by atoms with Gasteiger partial charge in [0.25, 0.3) is 0 Å². The molecule has 2 N–H and O–H groups in total. The lowest BCUT2D eigenvalue weighted by atomic mass is 9.66. The fourth-order valence-electron chi connectivity index (χ4n) is 4.00.